The standard InChI is InChI=1S/C11H17N/c1-5-7-10(9-12)8-11(3,4)6-2/h5,7-8H,6H2,1-4H3/b7-5-,10-8+. The summed E-state index contributed by atoms with van der Waals surface area (Å²) in [6.45, 7) is 8.31. The summed E-state index contributed by atoms with van der Waals surface area (Å²) in [6.07, 6.45) is 6.81. The molecule has 0 aliphatic rings. The smallest absolute Gasteiger partial charge is 0.0988 e. The zero-order valence-corrected chi connectivity index (χ0v) is 8.39. The van der Waals surface area contributed by atoms with Crippen LogP contribution >= 0.6 is 0 Å². The second kappa shape index (κ2) is 4.77. The first-order valence-corrected chi connectivity index (χ1v) is 4.31. The maximum atomic E-state index is 8.75. The van der Waals surface area contributed by atoms with Gasteiger partial charge in [-0.25, -0.2) is 0 Å². The van der Waals surface area contributed by atoms with E-state index in [4.69, 9.17) is 5.26 Å². The Hall–Kier alpha value is -1.03. The molecule has 0 radical (unpaired) electrons. The fourth-order valence-electron chi connectivity index (χ4n) is 0.820. The van der Waals surface area contributed by atoms with Gasteiger partial charge in [0.1, 0.15) is 0 Å². The Kier molecular flexibility index (Phi) is 4.36. The van der Waals surface area contributed by atoms with Crippen molar-refractivity contribution in [1.29, 1.82) is 5.26 Å². The Balaban J connectivity index is 4.62. The van der Waals surface area contributed by atoms with Crippen LogP contribution in [0, 0.1) is 16.7 Å². The van der Waals surface area contributed by atoms with E-state index in [-0.39, 0.29) is 5.41 Å². The van der Waals surface area contributed by atoms with Gasteiger partial charge in [0, 0.05) is 5.57 Å². The van der Waals surface area contributed by atoms with Gasteiger partial charge in [0.2, 0.25) is 0 Å². The van der Waals surface area contributed by atoms with Gasteiger partial charge in [-0.05, 0) is 24.8 Å². The average molecular weight is 163 g/mol. The Morgan fingerprint density at radius 2 is 2.08 bits per heavy atom. The van der Waals surface area contributed by atoms with Crippen LogP contribution in [0.3, 0.4) is 0 Å². The van der Waals surface area contributed by atoms with Gasteiger partial charge in [-0.2, -0.15) is 5.26 Å². The van der Waals surface area contributed by atoms with Gasteiger partial charge >= 0.3 is 0 Å². The van der Waals surface area contributed by atoms with Crippen LogP contribution in [0.2, 0.25) is 0 Å². The molecule has 12 heavy (non-hydrogen) atoms. The van der Waals surface area contributed by atoms with Crippen LogP contribution in [0.25, 0.3) is 0 Å². The molecule has 0 heterocycles. The van der Waals surface area contributed by atoms with Crippen molar-refractivity contribution >= 4 is 0 Å². The summed E-state index contributed by atoms with van der Waals surface area (Å²) in [4.78, 5) is 0. The molecule has 0 amide bonds. The van der Waals surface area contributed by atoms with Crippen LogP contribution in [0.1, 0.15) is 34.1 Å². The SMILES string of the molecule is C/C=C\C(C#N)=C/C(C)(C)CC. The number of nitriles is 1. The molecule has 0 aromatic carbocycles. The molecular weight excluding hydrogens is 146 g/mol. The van der Waals surface area contributed by atoms with Gasteiger partial charge in [-0.15, -0.1) is 0 Å². The van der Waals surface area contributed by atoms with E-state index in [1.807, 2.05) is 25.2 Å². The Labute approximate surface area is 75.4 Å². The monoisotopic (exact) mass is 163 g/mol. The summed E-state index contributed by atoms with van der Waals surface area (Å²) < 4.78 is 0. The fraction of sp³-hybridized carbons (Fsp3) is 0.545. The van der Waals surface area contributed by atoms with E-state index in [1.54, 1.807) is 0 Å². The average Bonchev–Trinajstić information content (AvgIpc) is 2.03. The van der Waals surface area contributed by atoms with Crippen molar-refractivity contribution < 1.29 is 0 Å². The highest BCUT2D eigenvalue weighted by atomic mass is 14.2. The lowest BCUT2D eigenvalue weighted by atomic mass is 9.88. The number of nitrogens with zero attached hydrogens (tertiary/aromatic N) is 1. The van der Waals surface area contributed by atoms with Crippen molar-refractivity contribution in [3.05, 3.63) is 23.8 Å². The molecule has 0 rings (SSSR count). The van der Waals surface area contributed by atoms with Gasteiger partial charge in [0.25, 0.3) is 0 Å². The molecule has 66 valence electrons. The quantitative estimate of drug-likeness (QED) is 0.462. The van der Waals surface area contributed by atoms with Crippen LogP contribution in [-0.2, 0) is 0 Å². The highest BCUT2D eigenvalue weighted by molar-refractivity contribution is 5.33. The highest BCUT2D eigenvalue weighted by Crippen LogP contribution is 2.23. The van der Waals surface area contributed by atoms with Crippen LogP contribution in [-0.4, -0.2) is 0 Å². The molecule has 0 aromatic rings. The first kappa shape index (κ1) is 11.0. The lowest BCUT2D eigenvalue weighted by Crippen LogP contribution is -2.05. The minimum absolute atomic E-state index is 0.130. The molecule has 0 atom stereocenters. The topological polar surface area (TPSA) is 23.8 Å². The molecular formula is C11H17N. The van der Waals surface area contributed by atoms with Gasteiger partial charge in [-0.3, -0.25) is 0 Å². The van der Waals surface area contributed by atoms with E-state index >= 15 is 0 Å². The second-order valence-electron chi connectivity index (χ2n) is 3.55. The molecule has 0 N–H and O–H groups in total. The van der Waals surface area contributed by atoms with Crippen LogP contribution in [0.15, 0.2) is 23.8 Å². The van der Waals surface area contributed by atoms with Crippen molar-refractivity contribution in [2.45, 2.75) is 34.1 Å². The lowest BCUT2D eigenvalue weighted by molar-refractivity contribution is 0.461. The fourth-order valence-corrected chi connectivity index (χ4v) is 0.820. The summed E-state index contributed by atoms with van der Waals surface area (Å²) in [5.41, 5.74) is 0.884. The van der Waals surface area contributed by atoms with Crippen LogP contribution < -0.4 is 0 Å². The predicted octanol–water partition coefficient (Wildman–Crippen LogP) is 3.45. The number of allylic oxidation sites excluding steroid dienone is 4. The van der Waals surface area contributed by atoms with E-state index in [1.165, 1.54) is 0 Å². The molecule has 0 aromatic heterocycles. The first-order chi connectivity index (χ1) is 5.55. The molecule has 0 fully saturated rings. The van der Waals surface area contributed by atoms with Crippen molar-refractivity contribution in [3.63, 3.8) is 0 Å². The van der Waals surface area contributed by atoms with E-state index in [0.29, 0.717) is 0 Å². The molecule has 0 unspecified atom stereocenters. The summed E-state index contributed by atoms with van der Waals surface area (Å²) in [5, 5.41) is 8.75. The second-order valence-corrected chi connectivity index (χ2v) is 3.55. The van der Waals surface area contributed by atoms with Crippen LogP contribution in [0.4, 0.5) is 0 Å². The molecule has 1 nitrogen and oxygen atoms in total. The van der Waals surface area contributed by atoms with Crippen LogP contribution in [0.5, 0.6) is 0 Å². The number of rotatable bonds is 3. The molecule has 0 bridgehead atoms. The summed E-state index contributed by atoms with van der Waals surface area (Å²) in [7, 11) is 0. The third-order valence-electron chi connectivity index (χ3n) is 1.93. The van der Waals surface area contributed by atoms with Crippen molar-refractivity contribution in [2.24, 2.45) is 5.41 Å². The van der Waals surface area contributed by atoms with Crippen molar-refractivity contribution in [2.75, 3.05) is 0 Å². The molecule has 1 heteroatoms. The Morgan fingerprint density at radius 3 is 2.42 bits per heavy atom. The van der Waals surface area contributed by atoms with Gasteiger partial charge in [0.05, 0.1) is 6.07 Å². The minimum Gasteiger partial charge on any atom is -0.192 e. The van der Waals surface area contributed by atoms with Crippen molar-refractivity contribution in [1.82, 2.24) is 0 Å². The van der Waals surface area contributed by atoms with Gasteiger partial charge < -0.3 is 0 Å². The summed E-state index contributed by atoms with van der Waals surface area (Å²) >= 11 is 0. The van der Waals surface area contributed by atoms with Gasteiger partial charge in [0.15, 0.2) is 0 Å². The largest absolute Gasteiger partial charge is 0.192 e. The van der Waals surface area contributed by atoms with E-state index in [0.717, 1.165) is 12.0 Å². The van der Waals surface area contributed by atoms with E-state index in [9.17, 15) is 0 Å². The normalized spacial score (nSPS) is 13.4. The zero-order chi connectivity index (χ0) is 9.61. The number of hydrogen-bond acceptors (Lipinski definition) is 1. The minimum atomic E-state index is 0.130. The summed E-state index contributed by atoms with van der Waals surface area (Å²) in [6, 6.07) is 2.17. The number of hydrogen-bond donors (Lipinski definition) is 0. The molecule has 0 saturated heterocycles. The molecule has 0 saturated carbocycles. The Bertz CT molecular complexity index is 226. The van der Waals surface area contributed by atoms with E-state index < -0.39 is 0 Å². The Morgan fingerprint density at radius 1 is 1.50 bits per heavy atom. The third-order valence-corrected chi connectivity index (χ3v) is 1.93. The zero-order valence-electron chi connectivity index (χ0n) is 8.39. The highest BCUT2D eigenvalue weighted by Gasteiger charge is 2.11. The molecule has 0 aliphatic heterocycles. The predicted molar refractivity (Wildman–Crippen MR) is 52.6 cm³/mol. The summed E-state index contributed by atoms with van der Waals surface area (Å²) in [5.74, 6) is 0. The van der Waals surface area contributed by atoms with Crippen molar-refractivity contribution in [3.8, 4) is 6.07 Å². The first-order valence-electron chi connectivity index (χ1n) is 4.31. The lowest BCUT2D eigenvalue weighted by Gasteiger charge is -2.17. The van der Waals surface area contributed by atoms with E-state index in [2.05, 4.69) is 26.8 Å². The third kappa shape index (κ3) is 3.98. The maximum absolute atomic E-state index is 8.75. The molecule has 0 aliphatic carbocycles. The maximum Gasteiger partial charge on any atom is 0.0988 e. The molecule has 0 spiro atoms. The van der Waals surface area contributed by atoms with Gasteiger partial charge in [-0.1, -0.05) is 32.9 Å².